The van der Waals surface area contributed by atoms with Crippen LogP contribution in [0, 0.1) is 0 Å². The quantitative estimate of drug-likeness (QED) is 0.673. The van der Waals surface area contributed by atoms with Gasteiger partial charge in [-0.2, -0.15) is 0 Å². The van der Waals surface area contributed by atoms with Gasteiger partial charge in [0.05, 0.1) is 0 Å². The van der Waals surface area contributed by atoms with Crippen molar-refractivity contribution in [2.75, 3.05) is 0 Å². The molecule has 0 aromatic carbocycles. The van der Waals surface area contributed by atoms with Crippen LogP contribution in [0.4, 0.5) is 0 Å². The van der Waals surface area contributed by atoms with Gasteiger partial charge in [0.2, 0.25) is 0 Å². The third-order valence-electron chi connectivity index (χ3n) is 1.50. The van der Waals surface area contributed by atoms with Gasteiger partial charge in [0.1, 0.15) is 0 Å². The van der Waals surface area contributed by atoms with Crippen LogP contribution in [0.2, 0.25) is 39.3 Å². The molecule has 0 nitrogen and oxygen atoms in total. The second kappa shape index (κ2) is 3.50. The van der Waals surface area contributed by atoms with Crippen LogP contribution in [0.15, 0.2) is 0 Å². The monoisotopic (exact) mass is 264 g/mol. The summed E-state index contributed by atoms with van der Waals surface area (Å²) >= 11 is 1.89. The van der Waals surface area contributed by atoms with Crippen molar-refractivity contribution >= 4 is 19.7 Å². The van der Waals surface area contributed by atoms with E-state index in [1.165, 1.54) is 0 Å². The van der Waals surface area contributed by atoms with Crippen LogP contribution in [0.5, 0.6) is 0 Å². The zero-order valence-corrected chi connectivity index (χ0v) is 13.5. The first-order chi connectivity index (χ1) is 4.15. The van der Waals surface area contributed by atoms with Gasteiger partial charge in [-0.25, -0.2) is 0 Å². The Hall–Kier alpha value is 1.53. The maximum atomic E-state index is 2.55. The van der Waals surface area contributed by atoms with E-state index in [0.29, 0.717) is 0 Å². The van der Waals surface area contributed by atoms with Gasteiger partial charge >= 0.3 is 82.3 Å². The summed E-state index contributed by atoms with van der Waals surface area (Å²) < 4.78 is 0.147. The fourth-order valence-corrected chi connectivity index (χ4v) is 30.4. The molecule has 0 aliphatic carbocycles. The zero-order valence-electron chi connectivity index (χ0n) is 8.00. The standard InChI is InChI=1S/C6H18Si3.Zr/c1-8(2,3)7-9(4,5)6;/h1-6H3;/q;+2. The van der Waals surface area contributed by atoms with Crippen molar-refractivity contribution in [3.05, 3.63) is 0 Å². The van der Waals surface area contributed by atoms with E-state index in [0.717, 1.165) is 0 Å². The van der Waals surface area contributed by atoms with E-state index in [2.05, 4.69) is 39.3 Å². The second-order valence-electron chi connectivity index (χ2n) is 4.88. The van der Waals surface area contributed by atoms with Crippen molar-refractivity contribution in [3.8, 4) is 0 Å². The molecule has 0 aromatic heterocycles. The second-order valence-corrected chi connectivity index (χ2v) is 39.2. The van der Waals surface area contributed by atoms with E-state index >= 15 is 0 Å². The summed E-state index contributed by atoms with van der Waals surface area (Å²) in [6, 6.07) is 0. The molecule has 0 radical (unpaired) electrons. The normalized spacial score (nSPS) is 13.6. The van der Waals surface area contributed by atoms with Crippen molar-refractivity contribution in [2.24, 2.45) is 0 Å². The molecule has 10 heavy (non-hydrogen) atoms. The minimum atomic E-state index is -0.692. The van der Waals surface area contributed by atoms with Crippen LogP contribution in [0.1, 0.15) is 0 Å². The molecule has 0 spiro atoms. The predicted molar refractivity (Wildman–Crippen MR) is 52.4 cm³/mol. The number of hydrogen-bond acceptors (Lipinski definition) is 0. The molecule has 0 amide bonds. The summed E-state index contributed by atoms with van der Waals surface area (Å²) in [5.74, 6) is 0. The fourth-order valence-electron chi connectivity index (χ4n) is 1.12. The van der Waals surface area contributed by atoms with Crippen LogP contribution in [0.25, 0.3) is 0 Å². The van der Waals surface area contributed by atoms with E-state index in [-0.39, 0.29) is 4.47 Å². The molecule has 0 unspecified atom stereocenters. The van der Waals surface area contributed by atoms with E-state index in [9.17, 15) is 0 Å². The van der Waals surface area contributed by atoms with Gasteiger partial charge in [0.25, 0.3) is 0 Å². The van der Waals surface area contributed by atoms with Gasteiger partial charge < -0.3 is 0 Å². The van der Waals surface area contributed by atoms with Crippen molar-refractivity contribution in [1.82, 2.24) is 0 Å². The molecule has 0 aliphatic heterocycles. The van der Waals surface area contributed by atoms with Gasteiger partial charge in [-0.05, 0) is 0 Å². The molecule has 0 aromatic rings. The number of hydrogen-bond donors (Lipinski definition) is 0. The molecule has 4 heteroatoms. The van der Waals surface area contributed by atoms with Gasteiger partial charge in [-0.3, -0.25) is 0 Å². The average Bonchev–Trinajstić information content (AvgIpc) is 1.59. The number of rotatable bonds is 2. The molecule has 0 atom stereocenters. The van der Waals surface area contributed by atoms with E-state index in [4.69, 9.17) is 0 Å². The summed E-state index contributed by atoms with van der Waals surface area (Å²) in [5, 5.41) is 0. The maximum absolute atomic E-state index is 2.55. The van der Waals surface area contributed by atoms with Crippen molar-refractivity contribution < 1.29 is 23.3 Å². The zero-order chi connectivity index (χ0) is 8.58. The fraction of sp³-hybridized carbons (Fsp3) is 1.00. The van der Waals surface area contributed by atoms with Crippen molar-refractivity contribution in [3.63, 3.8) is 0 Å². The summed E-state index contributed by atoms with van der Waals surface area (Å²) in [4.78, 5) is 0. The Morgan fingerprint density at radius 1 is 0.800 bits per heavy atom. The predicted octanol–water partition coefficient (Wildman–Crippen LogP) is 2.36. The Balaban J connectivity index is 4.40. The summed E-state index contributed by atoms with van der Waals surface area (Å²) in [6.45, 7) is 15.3. The molecule has 0 bridgehead atoms. The first-order valence-corrected chi connectivity index (χ1v) is 17.9. The van der Waals surface area contributed by atoms with Crippen molar-refractivity contribution in [1.29, 1.82) is 0 Å². The van der Waals surface area contributed by atoms with Crippen LogP contribution in [-0.2, 0) is 23.3 Å². The van der Waals surface area contributed by atoms with E-state index in [1.54, 1.807) is 0 Å². The molecular weight excluding hydrogens is 248 g/mol. The summed E-state index contributed by atoms with van der Waals surface area (Å²) in [6.07, 6.45) is 0. The Morgan fingerprint density at radius 2 is 1.00 bits per heavy atom. The third-order valence-corrected chi connectivity index (χ3v) is 60.2. The molecule has 0 saturated heterocycles. The summed E-state index contributed by atoms with van der Waals surface area (Å²) in [7, 11) is -1.38. The molecule has 0 saturated carbocycles. The molecule has 0 rings (SSSR count). The van der Waals surface area contributed by atoms with Crippen LogP contribution >= 0.6 is 0 Å². The molecule has 0 heterocycles. The van der Waals surface area contributed by atoms with Gasteiger partial charge in [-0.15, -0.1) is 0 Å². The first-order valence-electron chi connectivity index (χ1n) is 3.75. The Bertz CT molecular complexity index is 124. The average molecular weight is 266 g/mol. The molecule has 0 aliphatic rings. The van der Waals surface area contributed by atoms with Crippen LogP contribution < -0.4 is 0 Å². The van der Waals surface area contributed by atoms with Gasteiger partial charge in [0, 0.05) is 0 Å². The van der Waals surface area contributed by atoms with Crippen LogP contribution in [-0.4, -0.2) is 19.7 Å². The molecule has 0 N–H and O–H groups in total. The van der Waals surface area contributed by atoms with Crippen molar-refractivity contribution in [2.45, 2.75) is 39.3 Å². The summed E-state index contributed by atoms with van der Waals surface area (Å²) in [5.41, 5.74) is 0. The molecular formula is C6H18Si3Zr+2. The van der Waals surface area contributed by atoms with Gasteiger partial charge in [-0.1, -0.05) is 0 Å². The molecule has 0 fully saturated rings. The first kappa shape index (κ1) is 11.5. The third kappa shape index (κ3) is 3.79. The Kier molecular flexibility index (Phi) is 4.04. The van der Waals surface area contributed by atoms with E-state index < -0.39 is 15.2 Å². The Labute approximate surface area is 81.8 Å². The SMILES string of the molecule is C[Si](C)(C)[Si](=[Zr+2])[Si](C)(C)C. The Morgan fingerprint density at radius 3 is 1.00 bits per heavy atom. The van der Waals surface area contributed by atoms with Crippen LogP contribution in [0.3, 0.4) is 0 Å². The van der Waals surface area contributed by atoms with E-state index in [1.807, 2.05) is 23.3 Å². The van der Waals surface area contributed by atoms with Gasteiger partial charge in [0.15, 0.2) is 0 Å². The minimum absolute atomic E-state index is 0.147. The molecule has 56 valence electrons. The topological polar surface area (TPSA) is 0 Å².